The SMILES string of the molecule is Cc1cccc(-c2cccc3[nH]c(-c4n[nH]c5ccc(-c6cncc(OC7CCCCC7)c6)nc45)nc23)c1. The van der Waals surface area contributed by atoms with Gasteiger partial charge >= 0.3 is 0 Å². The minimum Gasteiger partial charge on any atom is -0.489 e. The molecule has 2 aromatic carbocycles. The van der Waals surface area contributed by atoms with E-state index in [1.165, 1.54) is 24.8 Å². The highest BCUT2D eigenvalue weighted by molar-refractivity contribution is 5.96. The molecule has 0 unspecified atom stereocenters. The Balaban J connectivity index is 1.26. The quantitative estimate of drug-likeness (QED) is 0.260. The summed E-state index contributed by atoms with van der Waals surface area (Å²) >= 11 is 0. The van der Waals surface area contributed by atoms with Gasteiger partial charge < -0.3 is 9.72 Å². The van der Waals surface area contributed by atoms with Crippen molar-refractivity contribution in [2.24, 2.45) is 0 Å². The number of ether oxygens (including phenoxy) is 1. The third-order valence-electron chi connectivity index (χ3n) is 7.34. The van der Waals surface area contributed by atoms with Crippen LogP contribution >= 0.6 is 0 Å². The van der Waals surface area contributed by atoms with E-state index in [1.807, 2.05) is 30.5 Å². The minimum absolute atomic E-state index is 0.273. The van der Waals surface area contributed by atoms with Crippen LogP contribution in [0.15, 0.2) is 73.1 Å². The highest BCUT2D eigenvalue weighted by atomic mass is 16.5. The van der Waals surface area contributed by atoms with E-state index in [4.69, 9.17) is 14.7 Å². The number of aromatic nitrogens is 6. The predicted octanol–water partition coefficient (Wildman–Crippen LogP) is 7.25. The zero-order chi connectivity index (χ0) is 25.5. The standard InChI is InChI=1S/C31H28N6O/c1-19-7-5-8-20(15-19)24-11-6-12-26-28(24)35-31(34-26)30-29-27(36-37-30)14-13-25(33-29)21-16-23(18-32-17-21)38-22-9-3-2-4-10-22/h5-8,11-18,22H,2-4,9-10H2,1H3,(H,34,35)(H,36,37). The number of pyridine rings is 2. The number of hydrogen-bond donors (Lipinski definition) is 2. The van der Waals surface area contributed by atoms with Gasteiger partial charge in [-0.3, -0.25) is 10.1 Å². The lowest BCUT2D eigenvalue weighted by molar-refractivity contribution is 0.154. The van der Waals surface area contributed by atoms with Crippen molar-refractivity contribution >= 4 is 22.1 Å². The molecule has 188 valence electrons. The number of benzene rings is 2. The van der Waals surface area contributed by atoms with E-state index in [0.29, 0.717) is 11.5 Å². The molecule has 0 amide bonds. The summed E-state index contributed by atoms with van der Waals surface area (Å²) < 4.78 is 6.25. The Morgan fingerprint density at radius 3 is 2.61 bits per heavy atom. The van der Waals surface area contributed by atoms with Gasteiger partial charge in [-0.05, 0) is 62.4 Å². The fraction of sp³-hybridized carbons (Fsp3) is 0.226. The summed E-state index contributed by atoms with van der Waals surface area (Å²) in [6.07, 6.45) is 9.87. The van der Waals surface area contributed by atoms with Crippen LogP contribution in [-0.2, 0) is 0 Å². The first-order valence-electron chi connectivity index (χ1n) is 13.2. The number of aromatic amines is 2. The highest BCUT2D eigenvalue weighted by Gasteiger charge is 2.18. The van der Waals surface area contributed by atoms with Crippen molar-refractivity contribution < 1.29 is 4.74 Å². The molecule has 0 atom stereocenters. The summed E-state index contributed by atoms with van der Waals surface area (Å²) in [6, 6.07) is 20.7. The molecule has 2 N–H and O–H groups in total. The summed E-state index contributed by atoms with van der Waals surface area (Å²) in [6.45, 7) is 2.10. The van der Waals surface area contributed by atoms with Crippen LogP contribution in [-0.4, -0.2) is 36.2 Å². The number of nitrogens with zero attached hydrogens (tertiary/aromatic N) is 4. The van der Waals surface area contributed by atoms with Crippen molar-refractivity contribution in [3.8, 4) is 39.7 Å². The molecular formula is C31H28N6O. The monoisotopic (exact) mass is 500 g/mol. The van der Waals surface area contributed by atoms with E-state index in [0.717, 1.165) is 63.0 Å². The maximum absolute atomic E-state index is 6.25. The lowest BCUT2D eigenvalue weighted by Gasteiger charge is -2.22. The average molecular weight is 501 g/mol. The molecule has 1 fully saturated rings. The van der Waals surface area contributed by atoms with Crippen LogP contribution in [0.25, 0.3) is 56.0 Å². The van der Waals surface area contributed by atoms with Crippen molar-refractivity contribution in [2.45, 2.75) is 45.1 Å². The molecule has 7 rings (SSSR count). The van der Waals surface area contributed by atoms with Crippen LogP contribution in [0, 0.1) is 6.92 Å². The highest BCUT2D eigenvalue weighted by Crippen LogP contribution is 2.33. The first-order chi connectivity index (χ1) is 18.7. The summed E-state index contributed by atoms with van der Waals surface area (Å²) in [5.74, 6) is 1.48. The summed E-state index contributed by atoms with van der Waals surface area (Å²) in [4.78, 5) is 17.9. The molecule has 0 spiro atoms. The van der Waals surface area contributed by atoms with Crippen molar-refractivity contribution in [3.63, 3.8) is 0 Å². The van der Waals surface area contributed by atoms with Gasteiger partial charge in [0.15, 0.2) is 11.5 Å². The molecule has 4 heterocycles. The molecular weight excluding hydrogens is 472 g/mol. The Morgan fingerprint density at radius 2 is 1.71 bits per heavy atom. The Kier molecular flexibility index (Phi) is 5.61. The average Bonchev–Trinajstić information content (AvgIpc) is 3.57. The van der Waals surface area contributed by atoms with E-state index < -0.39 is 0 Å². The zero-order valence-corrected chi connectivity index (χ0v) is 21.2. The van der Waals surface area contributed by atoms with E-state index in [-0.39, 0.29) is 6.10 Å². The summed E-state index contributed by atoms with van der Waals surface area (Å²) in [7, 11) is 0. The number of para-hydroxylation sites is 1. The van der Waals surface area contributed by atoms with Crippen LogP contribution < -0.4 is 4.74 Å². The van der Waals surface area contributed by atoms with Crippen molar-refractivity contribution in [1.29, 1.82) is 0 Å². The van der Waals surface area contributed by atoms with Crippen LogP contribution in [0.5, 0.6) is 5.75 Å². The van der Waals surface area contributed by atoms with Crippen molar-refractivity contribution in [1.82, 2.24) is 30.1 Å². The van der Waals surface area contributed by atoms with Gasteiger partial charge in [-0.25, -0.2) is 9.97 Å². The first-order valence-corrected chi connectivity index (χ1v) is 13.2. The van der Waals surface area contributed by atoms with Gasteiger partial charge in [-0.2, -0.15) is 5.10 Å². The number of hydrogen-bond acceptors (Lipinski definition) is 5. The molecule has 1 saturated carbocycles. The number of nitrogens with one attached hydrogen (secondary N) is 2. The molecule has 0 saturated heterocycles. The molecule has 0 bridgehead atoms. The zero-order valence-electron chi connectivity index (χ0n) is 21.2. The molecule has 1 aliphatic rings. The molecule has 7 nitrogen and oxygen atoms in total. The smallest absolute Gasteiger partial charge is 0.161 e. The van der Waals surface area contributed by atoms with Crippen LogP contribution in [0.4, 0.5) is 0 Å². The second-order valence-corrected chi connectivity index (χ2v) is 10.1. The Morgan fingerprint density at radius 1 is 0.816 bits per heavy atom. The normalized spacial score (nSPS) is 14.3. The largest absolute Gasteiger partial charge is 0.489 e. The topological polar surface area (TPSA) is 92.4 Å². The number of fused-ring (bicyclic) bond motifs is 2. The molecule has 38 heavy (non-hydrogen) atoms. The Labute approximate surface area is 220 Å². The predicted molar refractivity (Wildman–Crippen MR) is 150 cm³/mol. The summed E-state index contributed by atoms with van der Waals surface area (Å²) in [5, 5.41) is 7.70. The van der Waals surface area contributed by atoms with Crippen LogP contribution in [0.1, 0.15) is 37.7 Å². The maximum atomic E-state index is 6.25. The number of rotatable bonds is 5. The Hall–Kier alpha value is -4.52. The second kappa shape index (κ2) is 9.41. The minimum atomic E-state index is 0.273. The van der Waals surface area contributed by atoms with Crippen LogP contribution in [0.2, 0.25) is 0 Å². The fourth-order valence-corrected chi connectivity index (χ4v) is 5.41. The van der Waals surface area contributed by atoms with Crippen molar-refractivity contribution in [3.05, 3.63) is 78.6 Å². The van der Waals surface area contributed by atoms with Crippen molar-refractivity contribution in [2.75, 3.05) is 0 Å². The third kappa shape index (κ3) is 4.20. The lowest BCUT2D eigenvalue weighted by Crippen LogP contribution is -2.19. The van der Waals surface area contributed by atoms with Gasteiger partial charge in [0.25, 0.3) is 0 Å². The first kappa shape index (κ1) is 22.7. The second-order valence-electron chi connectivity index (χ2n) is 10.1. The van der Waals surface area contributed by atoms with E-state index in [1.54, 1.807) is 6.20 Å². The number of H-pyrrole nitrogens is 2. The van der Waals surface area contributed by atoms with E-state index >= 15 is 0 Å². The van der Waals surface area contributed by atoms with Gasteiger partial charge in [0.1, 0.15) is 11.3 Å². The third-order valence-corrected chi connectivity index (χ3v) is 7.34. The lowest BCUT2D eigenvalue weighted by atomic mass is 9.98. The van der Waals surface area contributed by atoms with Gasteiger partial charge in [0.2, 0.25) is 0 Å². The van der Waals surface area contributed by atoms with E-state index in [2.05, 4.69) is 63.5 Å². The Bertz CT molecular complexity index is 1760. The van der Waals surface area contributed by atoms with Gasteiger partial charge in [-0.1, -0.05) is 48.4 Å². The van der Waals surface area contributed by atoms with E-state index in [9.17, 15) is 0 Å². The molecule has 0 radical (unpaired) electrons. The number of imidazole rings is 1. The molecule has 1 aliphatic carbocycles. The fourth-order valence-electron chi connectivity index (χ4n) is 5.41. The molecule has 4 aromatic heterocycles. The molecule has 0 aliphatic heterocycles. The summed E-state index contributed by atoms with van der Waals surface area (Å²) in [5.41, 5.74) is 9.36. The van der Waals surface area contributed by atoms with Gasteiger partial charge in [0.05, 0.1) is 34.5 Å². The maximum Gasteiger partial charge on any atom is 0.161 e. The number of aryl methyl sites for hydroxylation is 1. The molecule has 6 aromatic rings. The van der Waals surface area contributed by atoms with Crippen LogP contribution in [0.3, 0.4) is 0 Å². The van der Waals surface area contributed by atoms with Gasteiger partial charge in [0, 0.05) is 17.3 Å². The van der Waals surface area contributed by atoms with Gasteiger partial charge in [-0.15, -0.1) is 0 Å². The molecule has 7 heteroatoms.